The van der Waals surface area contributed by atoms with Crippen LogP contribution >= 0.6 is 11.6 Å². The van der Waals surface area contributed by atoms with Crippen LogP contribution in [0.3, 0.4) is 0 Å². The monoisotopic (exact) mass is 251 g/mol. The molecule has 0 amide bonds. The maximum atomic E-state index is 11.0. The number of carboxylic acid groups (broad SMARTS) is 1. The highest BCUT2D eigenvalue weighted by Crippen LogP contribution is 2.21. The van der Waals surface area contributed by atoms with E-state index in [4.69, 9.17) is 22.2 Å². The zero-order valence-corrected chi connectivity index (χ0v) is 9.63. The Balaban J connectivity index is 2.87. The van der Waals surface area contributed by atoms with Crippen molar-refractivity contribution in [1.29, 1.82) is 0 Å². The molecule has 0 atom stereocenters. The molecule has 0 saturated heterocycles. The molecule has 0 aliphatic carbocycles. The number of rotatable bonds is 5. The van der Waals surface area contributed by atoms with Crippen molar-refractivity contribution in [1.82, 2.24) is 0 Å². The number of benzene rings is 1. The van der Waals surface area contributed by atoms with E-state index >= 15 is 0 Å². The first-order valence-electron chi connectivity index (χ1n) is 4.86. The molecule has 0 bridgehead atoms. The normalized spacial score (nSPS) is 10.2. The predicted molar refractivity (Wildman–Crippen MR) is 66.1 cm³/mol. The summed E-state index contributed by atoms with van der Waals surface area (Å²) in [4.78, 5) is 13.6. The number of halogens is 1. The Bertz CT molecular complexity index is 493. The van der Waals surface area contributed by atoms with Crippen LogP contribution in [0.2, 0.25) is 5.02 Å². The highest BCUT2D eigenvalue weighted by Gasteiger charge is 2.11. The Hall–Kier alpha value is -1.97. The van der Waals surface area contributed by atoms with Crippen LogP contribution in [-0.4, -0.2) is 17.6 Å². The quantitative estimate of drug-likeness (QED) is 0.374. The standard InChI is InChI=1S/C11H10ClN3O2/c12-9-6-3-5-8(10(9)11(16)17)4-1-2-7-14-15-13/h1,3-6H,2,7H2,(H,16,17). The van der Waals surface area contributed by atoms with Gasteiger partial charge in [-0.05, 0) is 23.6 Å². The van der Waals surface area contributed by atoms with E-state index in [9.17, 15) is 4.79 Å². The molecular formula is C11H10ClN3O2. The number of carboxylic acids is 1. The largest absolute Gasteiger partial charge is 0.478 e. The fourth-order valence-electron chi connectivity index (χ4n) is 1.29. The molecule has 0 spiro atoms. The lowest BCUT2D eigenvalue weighted by Crippen LogP contribution is -2.00. The fourth-order valence-corrected chi connectivity index (χ4v) is 1.56. The summed E-state index contributed by atoms with van der Waals surface area (Å²) in [5.41, 5.74) is 8.69. The first-order valence-corrected chi connectivity index (χ1v) is 5.24. The van der Waals surface area contributed by atoms with E-state index < -0.39 is 5.97 Å². The molecule has 1 N–H and O–H groups in total. The molecule has 5 nitrogen and oxygen atoms in total. The molecule has 0 heterocycles. The molecule has 6 heteroatoms. The summed E-state index contributed by atoms with van der Waals surface area (Å²) in [6.07, 6.45) is 3.95. The Morgan fingerprint density at radius 3 is 3.00 bits per heavy atom. The number of nitrogens with zero attached hydrogens (tertiary/aromatic N) is 3. The van der Waals surface area contributed by atoms with Gasteiger partial charge in [-0.3, -0.25) is 0 Å². The number of hydrogen-bond donors (Lipinski definition) is 1. The van der Waals surface area contributed by atoms with Gasteiger partial charge in [0.05, 0.1) is 10.6 Å². The van der Waals surface area contributed by atoms with Gasteiger partial charge in [-0.25, -0.2) is 4.79 Å². The van der Waals surface area contributed by atoms with Crippen LogP contribution in [0.25, 0.3) is 16.5 Å². The number of aromatic carboxylic acids is 1. The van der Waals surface area contributed by atoms with Crippen molar-refractivity contribution < 1.29 is 9.90 Å². The molecule has 0 fully saturated rings. The summed E-state index contributed by atoms with van der Waals surface area (Å²) >= 11 is 5.81. The molecule has 0 radical (unpaired) electrons. The molecule has 0 unspecified atom stereocenters. The molecule has 0 aromatic heterocycles. The zero-order chi connectivity index (χ0) is 12.7. The smallest absolute Gasteiger partial charge is 0.337 e. The first-order chi connectivity index (χ1) is 8.16. The van der Waals surface area contributed by atoms with Crippen molar-refractivity contribution in [2.75, 3.05) is 6.54 Å². The van der Waals surface area contributed by atoms with Crippen molar-refractivity contribution in [2.45, 2.75) is 6.42 Å². The van der Waals surface area contributed by atoms with Gasteiger partial charge < -0.3 is 5.11 Å². The van der Waals surface area contributed by atoms with E-state index in [2.05, 4.69) is 10.0 Å². The van der Waals surface area contributed by atoms with Crippen LogP contribution < -0.4 is 0 Å². The molecule has 0 aliphatic heterocycles. The van der Waals surface area contributed by atoms with E-state index in [1.165, 1.54) is 6.07 Å². The van der Waals surface area contributed by atoms with Gasteiger partial charge in [0, 0.05) is 11.5 Å². The summed E-state index contributed by atoms with van der Waals surface area (Å²) in [7, 11) is 0. The summed E-state index contributed by atoms with van der Waals surface area (Å²) in [5, 5.41) is 12.6. The maximum Gasteiger partial charge on any atom is 0.337 e. The molecule has 1 aromatic carbocycles. The van der Waals surface area contributed by atoms with Crippen LogP contribution in [0, 0.1) is 0 Å². The van der Waals surface area contributed by atoms with E-state index in [0.29, 0.717) is 18.5 Å². The average Bonchev–Trinajstić information content (AvgIpc) is 2.28. The van der Waals surface area contributed by atoms with Crippen molar-refractivity contribution in [3.63, 3.8) is 0 Å². The number of hydrogen-bond acceptors (Lipinski definition) is 2. The fraction of sp³-hybridized carbons (Fsp3) is 0.182. The van der Waals surface area contributed by atoms with Gasteiger partial charge in [-0.15, -0.1) is 0 Å². The Morgan fingerprint density at radius 1 is 1.59 bits per heavy atom. The summed E-state index contributed by atoms with van der Waals surface area (Å²) in [6.45, 7) is 0.343. The molecule has 0 aliphatic rings. The SMILES string of the molecule is [N-]=[N+]=NCCC=Cc1cccc(Cl)c1C(=O)O. The highest BCUT2D eigenvalue weighted by molar-refractivity contribution is 6.33. The minimum Gasteiger partial charge on any atom is -0.478 e. The predicted octanol–water partition coefficient (Wildman–Crippen LogP) is 3.75. The van der Waals surface area contributed by atoms with Crippen LogP contribution in [0.5, 0.6) is 0 Å². The second-order valence-electron chi connectivity index (χ2n) is 3.15. The molecule has 17 heavy (non-hydrogen) atoms. The van der Waals surface area contributed by atoms with Gasteiger partial charge in [0.25, 0.3) is 0 Å². The minimum absolute atomic E-state index is 0.0780. The third-order valence-electron chi connectivity index (χ3n) is 2.02. The topological polar surface area (TPSA) is 86.1 Å². The molecule has 0 saturated carbocycles. The third-order valence-corrected chi connectivity index (χ3v) is 2.33. The lowest BCUT2D eigenvalue weighted by Gasteiger charge is -2.02. The maximum absolute atomic E-state index is 11.0. The van der Waals surface area contributed by atoms with Crippen molar-refractivity contribution >= 4 is 23.6 Å². The van der Waals surface area contributed by atoms with Gasteiger partial charge in [0.2, 0.25) is 0 Å². The lowest BCUT2D eigenvalue weighted by atomic mass is 10.1. The van der Waals surface area contributed by atoms with Crippen molar-refractivity contribution in [3.8, 4) is 0 Å². The Kier molecular flexibility index (Phi) is 5.07. The third kappa shape index (κ3) is 3.83. The van der Waals surface area contributed by atoms with Crippen molar-refractivity contribution in [3.05, 3.63) is 50.9 Å². The van der Waals surface area contributed by atoms with Gasteiger partial charge in [-0.2, -0.15) is 0 Å². The van der Waals surface area contributed by atoms with E-state index in [-0.39, 0.29) is 10.6 Å². The van der Waals surface area contributed by atoms with E-state index in [0.717, 1.165) is 0 Å². The first kappa shape index (κ1) is 13.1. The van der Waals surface area contributed by atoms with Crippen LogP contribution in [-0.2, 0) is 0 Å². The molecular weight excluding hydrogens is 242 g/mol. The van der Waals surface area contributed by atoms with E-state index in [1.807, 2.05) is 0 Å². The van der Waals surface area contributed by atoms with Crippen LogP contribution in [0.15, 0.2) is 29.4 Å². The van der Waals surface area contributed by atoms with E-state index in [1.54, 1.807) is 24.3 Å². The number of azide groups is 1. The minimum atomic E-state index is -1.06. The summed E-state index contributed by atoms with van der Waals surface area (Å²) in [6, 6.07) is 4.88. The van der Waals surface area contributed by atoms with Crippen molar-refractivity contribution in [2.24, 2.45) is 5.11 Å². The molecule has 1 rings (SSSR count). The number of carbonyl (C=O) groups is 1. The second-order valence-corrected chi connectivity index (χ2v) is 3.56. The average molecular weight is 252 g/mol. The lowest BCUT2D eigenvalue weighted by molar-refractivity contribution is 0.0697. The van der Waals surface area contributed by atoms with Crippen LogP contribution in [0.4, 0.5) is 0 Å². The highest BCUT2D eigenvalue weighted by atomic mass is 35.5. The Morgan fingerprint density at radius 2 is 2.35 bits per heavy atom. The van der Waals surface area contributed by atoms with Crippen LogP contribution in [0.1, 0.15) is 22.3 Å². The zero-order valence-electron chi connectivity index (χ0n) is 8.88. The van der Waals surface area contributed by atoms with Gasteiger partial charge in [0.1, 0.15) is 0 Å². The summed E-state index contributed by atoms with van der Waals surface area (Å²) in [5.74, 6) is -1.06. The molecule has 1 aromatic rings. The molecule has 88 valence electrons. The summed E-state index contributed by atoms with van der Waals surface area (Å²) < 4.78 is 0. The second kappa shape index (κ2) is 6.58. The van der Waals surface area contributed by atoms with Gasteiger partial charge >= 0.3 is 5.97 Å². The van der Waals surface area contributed by atoms with Gasteiger partial charge in [0.15, 0.2) is 0 Å². The van der Waals surface area contributed by atoms with Gasteiger partial charge in [-0.1, -0.05) is 41.0 Å². The Labute approximate surface area is 103 Å².